The van der Waals surface area contributed by atoms with Crippen LogP contribution in [0, 0.1) is 3.57 Å². The highest BCUT2D eigenvalue weighted by atomic mass is 127. The first-order valence-corrected chi connectivity index (χ1v) is 10.6. The van der Waals surface area contributed by atoms with Gasteiger partial charge >= 0.3 is 0 Å². The molecule has 27 heavy (non-hydrogen) atoms. The first-order valence-electron chi connectivity index (χ1n) is 8.03. The predicted molar refractivity (Wildman–Crippen MR) is 112 cm³/mol. The van der Waals surface area contributed by atoms with Crippen LogP contribution in [0.25, 0.3) is 0 Å². The molecule has 2 heterocycles. The highest BCUT2D eigenvalue weighted by Crippen LogP contribution is 2.13. The monoisotopic (exact) mass is 496 g/mol. The van der Waals surface area contributed by atoms with Crippen LogP contribution < -0.4 is 15.4 Å². The van der Waals surface area contributed by atoms with Crippen LogP contribution in [0.3, 0.4) is 0 Å². The Hall–Kier alpha value is -2.31. The van der Waals surface area contributed by atoms with Gasteiger partial charge in [0, 0.05) is 22.9 Å². The molecule has 3 rings (SSSR count). The number of benzene rings is 1. The van der Waals surface area contributed by atoms with Gasteiger partial charge in [0.1, 0.15) is 5.82 Å². The molecule has 0 atom stereocenters. The van der Waals surface area contributed by atoms with Crippen LogP contribution in [0.4, 0.5) is 17.3 Å². The summed E-state index contributed by atoms with van der Waals surface area (Å²) in [5, 5.41) is 14.2. The van der Waals surface area contributed by atoms with E-state index in [1.54, 1.807) is 48.8 Å². The van der Waals surface area contributed by atoms with Gasteiger partial charge in [0.25, 0.3) is 0 Å². The fraction of sp³-hybridized carbons (Fsp3) is 0.118. The fourth-order valence-corrected chi connectivity index (χ4v) is 3.54. The SMILES string of the molecule is O=S(=O)(NCCNc1ccc(Nc2cccnc2)nn1)c1ccc(I)cc1. The van der Waals surface area contributed by atoms with Gasteiger partial charge in [-0.25, -0.2) is 13.1 Å². The van der Waals surface area contributed by atoms with E-state index in [4.69, 9.17) is 0 Å². The zero-order chi connectivity index (χ0) is 19.1. The van der Waals surface area contributed by atoms with Crippen LogP contribution >= 0.6 is 22.6 Å². The number of aromatic nitrogens is 3. The molecule has 3 N–H and O–H groups in total. The van der Waals surface area contributed by atoms with Gasteiger partial charge in [0.15, 0.2) is 5.82 Å². The van der Waals surface area contributed by atoms with E-state index in [2.05, 4.69) is 53.1 Å². The van der Waals surface area contributed by atoms with Crippen LogP contribution in [-0.4, -0.2) is 36.7 Å². The highest BCUT2D eigenvalue weighted by molar-refractivity contribution is 14.1. The van der Waals surface area contributed by atoms with Crippen LogP contribution in [0.1, 0.15) is 0 Å². The topological polar surface area (TPSA) is 109 Å². The van der Waals surface area contributed by atoms with Gasteiger partial charge in [-0.3, -0.25) is 4.98 Å². The van der Waals surface area contributed by atoms with Crippen molar-refractivity contribution in [3.8, 4) is 0 Å². The summed E-state index contributed by atoms with van der Waals surface area (Å²) in [5.41, 5.74) is 0.817. The van der Waals surface area contributed by atoms with Crippen molar-refractivity contribution in [1.82, 2.24) is 19.9 Å². The fourth-order valence-electron chi connectivity index (χ4n) is 2.15. The lowest BCUT2D eigenvalue weighted by molar-refractivity contribution is 0.583. The van der Waals surface area contributed by atoms with Crippen molar-refractivity contribution in [1.29, 1.82) is 0 Å². The molecule has 0 saturated heterocycles. The Bertz CT molecular complexity index is 967. The van der Waals surface area contributed by atoms with Crippen molar-refractivity contribution in [3.63, 3.8) is 0 Å². The Kier molecular flexibility index (Phi) is 6.53. The number of nitrogens with zero attached hydrogens (tertiary/aromatic N) is 3. The van der Waals surface area contributed by atoms with E-state index < -0.39 is 10.0 Å². The Morgan fingerprint density at radius 3 is 2.33 bits per heavy atom. The highest BCUT2D eigenvalue weighted by Gasteiger charge is 2.12. The Balaban J connectivity index is 1.47. The third-order valence-corrected chi connectivity index (χ3v) is 5.64. The molecule has 0 aliphatic carbocycles. The summed E-state index contributed by atoms with van der Waals surface area (Å²) in [7, 11) is -3.52. The van der Waals surface area contributed by atoms with Crippen LogP contribution in [-0.2, 0) is 10.0 Å². The van der Waals surface area contributed by atoms with E-state index in [-0.39, 0.29) is 11.4 Å². The summed E-state index contributed by atoms with van der Waals surface area (Å²) in [6.07, 6.45) is 3.38. The molecular formula is C17H17IN6O2S. The predicted octanol–water partition coefficient (Wildman–Crippen LogP) is 2.61. The van der Waals surface area contributed by atoms with E-state index in [1.807, 2.05) is 12.1 Å². The summed E-state index contributed by atoms with van der Waals surface area (Å²) < 4.78 is 27.9. The minimum atomic E-state index is -3.52. The van der Waals surface area contributed by atoms with E-state index in [0.717, 1.165) is 9.26 Å². The van der Waals surface area contributed by atoms with Crippen molar-refractivity contribution < 1.29 is 8.42 Å². The van der Waals surface area contributed by atoms with Crippen molar-refractivity contribution in [2.45, 2.75) is 4.90 Å². The third kappa shape index (κ3) is 5.84. The van der Waals surface area contributed by atoms with Crippen molar-refractivity contribution >= 4 is 49.9 Å². The maximum atomic E-state index is 12.2. The Morgan fingerprint density at radius 2 is 1.67 bits per heavy atom. The second-order valence-electron chi connectivity index (χ2n) is 5.45. The van der Waals surface area contributed by atoms with Gasteiger partial charge in [-0.15, -0.1) is 10.2 Å². The van der Waals surface area contributed by atoms with E-state index in [0.29, 0.717) is 18.2 Å². The molecule has 0 aliphatic rings. The lowest BCUT2D eigenvalue weighted by Crippen LogP contribution is -2.29. The molecule has 3 aromatic rings. The minimum absolute atomic E-state index is 0.228. The number of sulfonamides is 1. The summed E-state index contributed by atoms with van der Waals surface area (Å²) in [6.45, 7) is 0.610. The Morgan fingerprint density at radius 1 is 0.926 bits per heavy atom. The molecule has 0 unspecified atom stereocenters. The van der Waals surface area contributed by atoms with Gasteiger partial charge in [-0.1, -0.05) is 0 Å². The number of hydrogen-bond donors (Lipinski definition) is 3. The second-order valence-corrected chi connectivity index (χ2v) is 8.46. The summed E-state index contributed by atoms with van der Waals surface area (Å²) in [6, 6.07) is 13.9. The van der Waals surface area contributed by atoms with Gasteiger partial charge in [0.05, 0.1) is 16.8 Å². The quantitative estimate of drug-likeness (QED) is 0.325. The molecule has 10 heteroatoms. The number of hydrogen-bond acceptors (Lipinski definition) is 7. The zero-order valence-electron chi connectivity index (χ0n) is 14.1. The van der Waals surface area contributed by atoms with Crippen molar-refractivity contribution in [2.75, 3.05) is 23.7 Å². The lowest BCUT2D eigenvalue weighted by Gasteiger charge is -2.09. The molecule has 0 saturated carbocycles. The van der Waals surface area contributed by atoms with Crippen LogP contribution in [0.15, 0.2) is 65.8 Å². The van der Waals surface area contributed by atoms with Gasteiger partial charge in [-0.2, -0.15) is 0 Å². The molecule has 140 valence electrons. The number of halogens is 1. The molecule has 8 nitrogen and oxygen atoms in total. The normalized spacial score (nSPS) is 11.1. The standard InChI is InChI=1S/C17H17IN6O2S/c18-13-3-5-15(6-4-13)27(25,26)21-11-10-20-16-7-8-17(24-23-16)22-14-2-1-9-19-12-14/h1-9,12,21H,10-11H2,(H,20,23)(H,22,24). The summed E-state index contributed by atoms with van der Waals surface area (Å²) >= 11 is 2.13. The molecule has 0 bridgehead atoms. The summed E-state index contributed by atoms with van der Waals surface area (Å²) in [4.78, 5) is 4.26. The van der Waals surface area contributed by atoms with Crippen LogP contribution in [0.5, 0.6) is 0 Å². The Labute approximate surface area is 171 Å². The average molecular weight is 496 g/mol. The van der Waals surface area contributed by atoms with Gasteiger partial charge in [0.2, 0.25) is 10.0 Å². The molecule has 1 aromatic carbocycles. The first-order chi connectivity index (χ1) is 13.0. The van der Waals surface area contributed by atoms with Gasteiger partial charge in [-0.05, 0) is 71.1 Å². The maximum Gasteiger partial charge on any atom is 0.240 e. The van der Waals surface area contributed by atoms with E-state index in [1.165, 1.54) is 0 Å². The first kappa shape index (κ1) is 19.5. The number of pyridine rings is 1. The minimum Gasteiger partial charge on any atom is -0.367 e. The largest absolute Gasteiger partial charge is 0.367 e. The third-order valence-electron chi connectivity index (χ3n) is 3.45. The van der Waals surface area contributed by atoms with Crippen molar-refractivity contribution in [3.05, 3.63) is 64.5 Å². The molecule has 0 radical (unpaired) electrons. The van der Waals surface area contributed by atoms with Gasteiger partial charge < -0.3 is 10.6 Å². The van der Waals surface area contributed by atoms with E-state index >= 15 is 0 Å². The van der Waals surface area contributed by atoms with Crippen molar-refractivity contribution in [2.24, 2.45) is 0 Å². The zero-order valence-corrected chi connectivity index (χ0v) is 17.1. The molecule has 0 amide bonds. The molecule has 0 aliphatic heterocycles. The lowest BCUT2D eigenvalue weighted by atomic mass is 10.4. The summed E-state index contributed by atoms with van der Waals surface area (Å²) in [5.74, 6) is 1.15. The molecule has 0 spiro atoms. The van der Waals surface area contributed by atoms with Crippen LogP contribution in [0.2, 0.25) is 0 Å². The molecular weight excluding hydrogens is 479 g/mol. The number of anilines is 3. The number of nitrogens with one attached hydrogen (secondary N) is 3. The maximum absolute atomic E-state index is 12.2. The second kappa shape index (κ2) is 9.06. The molecule has 0 fully saturated rings. The average Bonchev–Trinajstić information content (AvgIpc) is 2.68. The smallest absolute Gasteiger partial charge is 0.240 e. The molecule has 2 aromatic heterocycles. The number of rotatable bonds is 8. The van der Waals surface area contributed by atoms with E-state index in [9.17, 15) is 8.42 Å².